The second-order valence-electron chi connectivity index (χ2n) is 2.94. The fourth-order valence-electron chi connectivity index (χ4n) is 0.543. The largest absolute Gasteiger partial charge is 0.302 e. The van der Waals surface area contributed by atoms with E-state index in [9.17, 15) is 0 Å². The molecule has 0 unspecified atom stereocenters. The smallest absolute Gasteiger partial charge is 0.106 e. The Morgan fingerprint density at radius 1 is 1.36 bits per heavy atom. The number of hydrogen-bond donors (Lipinski definition) is 1. The highest BCUT2D eigenvalue weighted by Crippen LogP contribution is 2.33. The van der Waals surface area contributed by atoms with Crippen LogP contribution in [0.2, 0.25) is 0 Å². The van der Waals surface area contributed by atoms with Gasteiger partial charge in [-0.15, -0.1) is 0 Å². The van der Waals surface area contributed by atoms with Crippen molar-refractivity contribution in [2.24, 2.45) is 0 Å². The summed E-state index contributed by atoms with van der Waals surface area (Å²) in [6, 6.07) is 2.19. The van der Waals surface area contributed by atoms with Crippen LogP contribution in [0.25, 0.3) is 0 Å². The molecule has 0 aromatic rings. The van der Waals surface area contributed by atoms with Crippen LogP contribution < -0.4 is 5.32 Å². The maximum absolute atomic E-state index is 8.34. The van der Waals surface area contributed by atoms with Crippen molar-refractivity contribution < 1.29 is 0 Å². The predicted octanol–water partition coefficient (Wildman–Crippen LogP) is 2.07. The fraction of sp³-hybridized carbons (Fsp3) is 0.889. The van der Waals surface area contributed by atoms with Crippen molar-refractivity contribution in [3.8, 4) is 6.07 Å². The number of nitrogens with zero attached hydrogens (tertiary/aromatic N) is 1. The third-order valence-corrected chi connectivity index (χ3v) is 1.94. The van der Waals surface area contributed by atoms with Crippen molar-refractivity contribution >= 4 is 0 Å². The zero-order valence-electron chi connectivity index (χ0n) is 7.78. The molecule has 11 heavy (non-hydrogen) atoms. The summed E-state index contributed by atoms with van der Waals surface area (Å²) >= 11 is 0. The van der Waals surface area contributed by atoms with Gasteiger partial charge >= 0.3 is 0 Å². The highest BCUT2D eigenvalue weighted by atomic mass is 15.0. The van der Waals surface area contributed by atoms with Crippen molar-refractivity contribution in [3.05, 3.63) is 0 Å². The number of hydrogen-bond acceptors (Lipinski definition) is 2. The Bertz CT molecular complexity index is 129. The summed E-state index contributed by atoms with van der Waals surface area (Å²) in [6.45, 7) is 4.36. The molecule has 0 amide bonds. The van der Waals surface area contributed by atoms with Crippen molar-refractivity contribution in [2.45, 2.75) is 45.1 Å². The molecule has 0 heterocycles. The SMILES string of the molecule is CCCC.CNC1(C#N)CC1. The van der Waals surface area contributed by atoms with E-state index in [1.165, 1.54) is 12.8 Å². The first-order valence-corrected chi connectivity index (χ1v) is 4.34. The molecule has 1 aliphatic rings. The Kier molecular flexibility index (Phi) is 4.89. The zero-order valence-corrected chi connectivity index (χ0v) is 7.78. The molecule has 0 radical (unpaired) electrons. The second-order valence-corrected chi connectivity index (χ2v) is 2.94. The summed E-state index contributed by atoms with van der Waals surface area (Å²) in [6.07, 6.45) is 4.69. The molecular formula is C9H18N2. The number of unbranched alkanes of at least 4 members (excludes halogenated alkanes) is 1. The lowest BCUT2D eigenvalue weighted by Gasteiger charge is -1.97. The summed E-state index contributed by atoms with van der Waals surface area (Å²) in [5.74, 6) is 0. The molecule has 1 saturated carbocycles. The van der Waals surface area contributed by atoms with E-state index in [1.807, 2.05) is 7.05 Å². The van der Waals surface area contributed by atoms with Crippen LogP contribution in [0.3, 0.4) is 0 Å². The summed E-state index contributed by atoms with van der Waals surface area (Å²) < 4.78 is 0. The second kappa shape index (κ2) is 5.15. The Balaban J connectivity index is 0.000000218. The van der Waals surface area contributed by atoms with Crippen LogP contribution in [0.15, 0.2) is 0 Å². The molecule has 0 aliphatic heterocycles. The van der Waals surface area contributed by atoms with E-state index < -0.39 is 0 Å². The van der Waals surface area contributed by atoms with Gasteiger partial charge in [-0.05, 0) is 19.9 Å². The summed E-state index contributed by atoms with van der Waals surface area (Å²) in [5.41, 5.74) is -0.111. The first kappa shape index (κ1) is 10.4. The third kappa shape index (κ3) is 4.00. The Labute approximate surface area is 69.6 Å². The lowest BCUT2D eigenvalue weighted by atomic mass is 10.3. The standard InChI is InChI=1S/C5H8N2.C4H10/c1-7-5(4-6)2-3-5;1-3-4-2/h7H,2-3H2,1H3;3-4H2,1-2H3. The molecular weight excluding hydrogens is 136 g/mol. The predicted molar refractivity (Wildman–Crippen MR) is 47.2 cm³/mol. The van der Waals surface area contributed by atoms with Gasteiger partial charge in [-0.3, -0.25) is 0 Å². The van der Waals surface area contributed by atoms with Gasteiger partial charge in [0.15, 0.2) is 0 Å². The minimum Gasteiger partial charge on any atom is -0.302 e. The van der Waals surface area contributed by atoms with E-state index >= 15 is 0 Å². The lowest BCUT2D eigenvalue weighted by molar-refractivity contribution is 0.684. The highest BCUT2D eigenvalue weighted by Gasteiger charge is 2.41. The van der Waals surface area contributed by atoms with Gasteiger partial charge < -0.3 is 5.32 Å². The molecule has 1 N–H and O–H groups in total. The molecule has 1 rings (SSSR count). The van der Waals surface area contributed by atoms with Gasteiger partial charge in [0.25, 0.3) is 0 Å². The maximum Gasteiger partial charge on any atom is 0.106 e. The lowest BCUT2D eigenvalue weighted by Crippen LogP contribution is -2.24. The molecule has 2 nitrogen and oxygen atoms in total. The average molecular weight is 154 g/mol. The molecule has 0 saturated heterocycles. The quantitative estimate of drug-likeness (QED) is 0.661. The van der Waals surface area contributed by atoms with Crippen LogP contribution in [-0.2, 0) is 0 Å². The van der Waals surface area contributed by atoms with E-state index in [0.717, 1.165) is 12.8 Å². The van der Waals surface area contributed by atoms with E-state index in [2.05, 4.69) is 25.2 Å². The molecule has 2 heteroatoms. The minimum absolute atomic E-state index is 0.111. The Morgan fingerprint density at radius 3 is 1.82 bits per heavy atom. The summed E-state index contributed by atoms with van der Waals surface area (Å²) in [5, 5.41) is 11.3. The van der Waals surface area contributed by atoms with E-state index in [4.69, 9.17) is 5.26 Å². The molecule has 0 aromatic heterocycles. The van der Waals surface area contributed by atoms with Gasteiger partial charge in [0.2, 0.25) is 0 Å². The van der Waals surface area contributed by atoms with Crippen molar-refractivity contribution in [1.29, 1.82) is 5.26 Å². The van der Waals surface area contributed by atoms with E-state index in [1.54, 1.807) is 0 Å². The monoisotopic (exact) mass is 154 g/mol. The molecule has 0 bridgehead atoms. The maximum atomic E-state index is 8.34. The molecule has 0 spiro atoms. The van der Waals surface area contributed by atoms with Crippen molar-refractivity contribution in [3.63, 3.8) is 0 Å². The third-order valence-electron chi connectivity index (χ3n) is 1.94. The number of rotatable bonds is 2. The number of nitrogens with one attached hydrogen (secondary N) is 1. The van der Waals surface area contributed by atoms with E-state index in [0.29, 0.717) is 0 Å². The normalized spacial score (nSPS) is 17.6. The summed E-state index contributed by atoms with van der Waals surface area (Å²) in [4.78, 5) is 0. The van der Waals surface area contributed by atoms with Crippen LogP contribution in [0.5, 0.6) is 0 Å². The van der Waals surface area contributed by atoms with Gasteiger partial charge in [-0.25, -0.2) is 0 Å². The Morgan fingerprint density at radius 2 is 1.82 bits per heavy atom. The van der Waals surface area contributed by atoms with Crippen LogP contribution in [-0.4, -0.2) is 12.6 Å². The van der Waals surface area contributed by atoms with Crippen molar-refractivity contribution in [1.82, 2.24) is 5.32 Å². The Hall–Kier alpha value is -0.550. The molecule has 64 valence electrons. The summed E-state index contributed by atoms with van der Waals surface area (Å²) in [7, 11) is 1.83. The first-order valence-electron chi connectivity index (χ1n) is 4.34. The van der Waals surface area contributed by atoms with Gasteiger partial charge in [0.05, 0.1) is 6.07 Å². The highest BCUT2D eigenvalue weighted by molar-refractivity contribution is 5.17. The zero-order chi connectivity index (χ0) is 8.74. The molecule has 0 aromatic carbocycles. The van der Waals surface area contributed by atoms with Crippen LogP contribution in [0.1, 0.15) is 39.5 Å². The number of nitriles is 1. The van der Waals surface area contributed by atoms with Crippen LogP contribution >= 0.6 is 0 Å². The van der Waals surface area contributed by atoms with Gasteiger partial charge in [0, 0.05) is 0 Å². The molecule has 1 fully saturated rings. The first-order chi connectivity index (χ1) is 5.24. The van der Waals surface area contributed by atoms with E-state index in [-0.39, 0.29) is 5.54 Å². The fourth-order valence-corrected chi connectivity index (χ4v) is 0.543. The minimum atomic E-state index is -0.111. The van der Waals surface area contributed by atoms with Gasteiger partial charge in [-0.2, -0.15) is 5.26 Å². The topological polar surface area (TPSA) is 35.8 Å². The van der Waals surface area contributed by atoms with Crippen molar-refractivity contribution in [2.75, 3.05) is 7.05 Å². The van der Waals surface area contributed by atoms with Gasteiger partial charge in [0.1, 0.15) is 5.54 Å². The molecule has 0 atom stereocenters. The average Bonchev–Trinajstić information content (AvgIpc) is 2.85. The van der Waals surface area contributed by atoms with Crippen LogP contribution in [0.4, 0.5) is 0 Å². The van der Waals surface area contributed by atoms with Crippen LogP contribution in [0, 0.1) is 11.3 Å². The molecule has 1 aliphatic carbocycles. The van der Waals surface area contributed by atoms with Gasteiger partial charge in [-0.1, -0.05) is 26.7 Å².